The maximum Gasteiger partial charge on any atom is 0.269 e. The molecule has 0 unspecified atom stereocenters. The SMILES string of the molecule is O=S(=O)(NCCc1cn(S(=O)(=O)c2cc(F)c(F)c(F)c2)cn1)c1cc(F)c(F)c(F)c1. The Morgan fingerprint density at radius 2 is 1.25 bits per heavy atom. The van der Waals surface area contributed by atoms with E-state index in [1.807, 2.05) is 4.72 Å². The molecule has 0 aliphatic rings. The van der Waals surface area contributed by atoms with E-state index in [1.54, 1.807) is 0 Å². The summed E-state index contributed by atoms with van der Waals surface area (Å²) in [4.78, 5) is 1.96. The van der Waals surface area contributed by atoms with Gasteiger partial charge in [-0.05, 0) is 24.3 Å². The van der Waals surface area contributed by atoms with Crippen LogP contribution in [0.5, 0.6) is 0 Å². The van der Waals surface area contributed by atoms with Gasteiger partial charge in [-0.3, -0.25) is 0 Å². The third-order valence-electron chi connectivity index (χ3n) is 4.09. The van der Waals surface area contributed by atoms with Crippen LogP contribution in [-0.2, 0) is 26.5 Å². The molecular weight excluding hydrogens is 488 g/mol. The molecule has 1 aromatic heterocycles. The fourth-order valence-electron chi connectivity index (χ4n) is 2.49. The Balaban J connectivity index is 1.73. The smallest absolute Gasteiger partial charge is 0.241 e. The van der Waals surface area contributed by atoms with Crippen molar-refractivity contribution in [3.63, 3.8) is 0 Å². The van der Waals surface area contributed by atoms with Gasteiger partial charge in [-0.15, -0.1) is 0 Å². The van der Waals surface area contributed by atoms with Crippen molar-refractivity contribution in [2.45, 2.75) is 16.2 Å². The van der Waals surface area contributed by atoms with Gasteiger partial charge in [-0.25, -0.2) is 56.9 Å². The zero-order valence-corrected chi connectivity index (χ0v) is 17.1. The van der Waals surface area contributed by atoms with Crippen molar-refractivity contribution in [3.8, 4) is 0 Å². The summed E-state index contributed by atoms with van der Waals surface area (Å²) in [7, 11) is -8.98. The van der Waals surface area contributed by atoms with Gasteiger partial charge in [0.2, 0.25) is 10.0 Å². The van der Waals surface area contributed by atoms with Gasteiger partial charge in [0, 0.05) is 19.2 Å². The lowest BCUT2D eigenvalue weighted by Gasteiger charge is -2.07. The van der Waals surface area contributed by atoms with Gasteiger partial charge in [0.25, 0.3) is 10.0 Å². The average molecular weight is 499 g/mol. The van der Waals surface area contributed by atoms with Gasteiger partial charge in [-0.2, -0.15) is 0 Å². The summed E-state index contributed by atoms with van der Waals surface area (Å²) < 4.78 is 131. The number of sulfonamides is 1. The first-order valence-electron chi connectivity index (χ1n) is 8.40. The number of nitrogens with one attached hydrogen (secondary N) is 1. The van der Waals surface area contributed by atoms with Crippen molar-refractivity contribution < 1.29 is 43.2 Å². The fraction of sp³-hybridized carbons (Fsp3) is 0.118. The lowest BCUT2D eigenvalue weighted by Crippen LogP contribution is -2.26. The van der Waals surface area contributed by atoms with Crippen molar-refractivity contribution in [3.05, 3.63) is 77.4 Å². The minimum atomic E-state index is -4.54. The minimum Gasteiger partial charge on any atom is -0.241 e. The first-order valence-corrected chi connectivity index (χ1v) is 11.3. The van der Waals surface area contributed by atoms with E-state index in [9.17, 15) is 43.2 Å². The van der Waals surface area contributed by atoms with Gasteiger partial charge in [0.05, 0.1) is 15.5 Å². The highest BCUT2D eigenvalue weighted by Gasteiger charge is 2.23. The maximum atomic E-state index is 13.3. The van der Waals surface area contributed by atoms with Crippen LogP contribution in [0.4, 0.5) is 26.3 Å². The summed E-state index contributed by atoms with van der Waals surface area (Å²) in [5, 5.41) is 0. The Labute approximate surface area is 177 Å². The largest absolute Gasteiger partial charge is 0.269 e. The molecular formula is C17H11F6N3O4S2. The van der Waals surface area contributed by atoms with Gasteiger partial charge in [0.15, 0.2) is 34.9 Å². The zero-order chi connectivity index (χ0) is 23.8. The Hall–Kier alpha value is -2.91. The lowest BCUT2D eigenvalue weighted by atomic mass is 10.3. The third-order valence-corrected chi connectivity index (χ3v) is 7.11. The van der Waals surface area contributed by atoms with Crippen LogP contribution in [0, 0.1) is 34.9 Å². The number of hydrogen-bond donors (Lipinski definition) is 1. The summed E-state index contributed by atoms with van der Waals surface area (Å²) in [5.41, 5.74) is 0.01000. The highest BCUT2D eigenvalue weighted by atomic mass is 32.2. The van der Waals surface area contributed by atoms with Crippen LogP contribution >= 0.6 is 0 Å². The molecule has 0 aliphatic heterocycles. The molecule has 0 saturated heterocycles. The second-order valence-electron chi connectivity index (χ2n) is 6.25. The van der Waals surface area contributed by atoms with Crippen LogP contribution in [0.2, 0.25) is 0 Å². The number of benzene rings is 2. The van der Waals surface area contributed by atoms with Crippen molar-refractivity contribution >= 4 is 20.0 Å². The van der Waals surface area contributed by atoms with Crippen LogP contribution in [0.1, 0.15) is 5.69 Å². The molecule has 1 N–H and O–H groups in total. The summed E-state index contributed by atoms with van der Waals surface area (Å²) in [6.45, 7) is -0.403. The van der Waals surface area contributed by atoms with Gasteiger partial charge >= 0.3 is 0 Å². The molecule has 172 valence electrons. The average Bonchev–Trinajstić information content (AvgIpc) is 3.19. The summed E-state index contributed by atoms with van der Waals surface area (Å²) >= 11 is 0. The predicted molar refractivity (Wildman–Crippen MR) is 96.3 cm³/mol. The first kappa shape index (κ1) is 23.7. The second kappa shape index (κ2) is 8.55. The van der Waals surface area contributed by atoms with Crippen LogP contribution in [0.25, 0.3) is 0 Å². The van der Waals surface area contributed by atoms with E-state index in [2.05, 4.69) is 4.98 Å². The van der Waals surface area contributed by atoms with Crippen LogP contribution in [-0.4, -0.2) is 32.3 Å². The van der Waals surface area contributed by atoms with Gasteiger partial charge < -0.3 is 0 Å². The number of halogens is 6. The summed E-state index contributed by atoms with van der Waals surface area (Å²) in [5.74, 6) is -10.5. The fourth-order valence-corrected chi connectivity index (χ4v) is 4.73. The van der Waals surface area contributed by atoms with E-state index in [4.69, 9.17) is 0 Å². The zero-order valence-electron chi connectivity index (χ0n) is 15.5. The van der Waals surface area contributed by atoms with E-state index in [0.29, 0.717) is 3.97 Å². The second-order valence-corrected chi connectivity index (χ2v) is 9.86. The van der Waals surface area contributed by atoms with Crippen molar-refractivity contribution in [1.29, 1.82) is 0 Å². The maximum absolute atomic E-state index is 13.3. The minimum absolute atomic E-state index is 0.01000. The molecule has 0 amide bonds. The summed E-state index contributed by atoms with van der Waals surface area (Å²) in [6.07, 6.45) is 1.48. The Kier molecular flexibility index (Phi) is 6.35. The Morgan fingerprint density at radius 3 is 1.75 bits per heavy atom. The van der Waals surface area contributed by atoms with E-state index >= 15 is 0 Å². The molecule has 0 saturated carbocycles. The van der Waals surface area contributed by atoms with E-state index in [0.717, 1.165) is 12.5 Å². The van der Waals surface area contributed by atoms with Crippen molar-refractivity contribution in [1.82, 2.24) is 13.7 Å². The van der Waals surface area contributed by atoms with Crippen LogP contribution < -0.4 is 4.72 Å². The molecule has 0 bridgehead atoms. The number of hydrogen-bond acceptors (Lipinski definition) is 5. The Bertz CT molecular complexity index is 1360. The number of aromatic nitrogens is 2. The highest BCUT2D eigenvalue weighted by molar-refractivity contribution is 7.90. The van der Waals surface area contributed by atoms with E-state index in [-0.39, 0.29) is 36.4 Å². The summed E-state index contributed by atoms with van der Waals surface area (Å²) in [6, 6.07) is 1.12. The topological polar surface area (TPSA) is 98.1 Å². The molecule has 0 radical (unpaired) electrons. The highest BCUT2D eigenvalue weighted by Crippen LogP contribution is 2.20. The normalized spacial score (nSPS) is 12.3. The molecule has 7 nitrogen and oxygen atoms in total. The predicted octanol–water partition coefficient (Wildman–Crippen LogP) is 2.48. The quantitative estimate of drug-likeness (QED) is 0.398. The van der Waals surface area contributed by atoms with E-state index < -0.39 is 71.3 Å². The molecule has 2 aromatic carbocycles. The van der Waals surface area contributed by atoms with Crippen LogP contribution in [0.3, 0.4) is 0 Å². The Morgan fingerprint density at radius 1 is 0.781 bits per heavy atom. The first-order chi connectivity index (χ1) is 14.8. The molecule has 0 fully saturated rings. The standard InChI is InChI=1S/C17H11F6N3O4S2/c18-12-3-10(4-13(19)16(12)22)31(27,28)25-2-1-9-7-26(8-24-9)32(29,30)11-5-14(20)17(23)15(21)6-11/h3-8,25H,1-2H2. The lowest BCUT2D eigenvalue weighted by molar-refractivity contribution is 0.442. The third kappa shape index (κ3) is 4.63. The van der Waals surface area contributed by atoms with Crippen molar-refractivity contribution in [2.75, 3.05) is 6.54 Å². The molecule has 1 heterocycles. The molecule has 0 spiro atoms. The van der Waals surface area contributed by atoms with Crippen molar-refractivity contribution in [2.24, 2.45) is 0 Å². The van der Waals surface area contributed by atoms with Gasteiger partial charge in [0.1, 0.15) is 6.33 Å². The van der Waals surface area contributed by atoms with Gasteiger partial charge in [-0.1, -0.05) is 0 Å². The number of nitrogens with zero attached hydrogens (tertiary/aromatic N) is 2. The monoisotopic (exact) mass is 499 g/mol. The van der Waals surface area contributed by atoms with E-state index in [1.165, 1.54) is 0 Å². The molecule has 0 aliphatic carbocycles. The number of rotatable bonds is 7. The molecule has 3 aromatic rings. The molecule has 32 heavy (non-hydrogen) atoms. The molecule has 3 rings (SSSR count). The molecule has 0 atom stereocenters. The molecule has 15 heteroatoms. The number of imidazole rings is 1. The van der Waals surface area contributed by atoms with Crippen LogP contribution in [0.15, 0.2) is 46.6 Å².